The number of hydrogen-bond donors (Lipinski definition) is 0. The van der Waals surface area contributed by atoms with E-state index in [4.69, 9.17) is 0 Å². The molecule has 0 aliphatic carbocycles. The van der Waals surface area contributed by atoms with Crippen molar-refractivity contribution in [3.8, 4) is 0 Å². The number of nitrogens with zero attached hydrogens (tertiary/aromatic N) is 3. The van der Waals surface area contributed by atoms with E-state index in [1.807, 2.05) is 35.2 Å². The quantitative estimate of drug-likeness (QED) is 0.366. The maximum absolute atomic E-state index is 13.4. The Hall–Kier alpha value is -3.20. The number of benzene rings is 3. The van der Waals surface area contributed by atoms with Crippen LogP contribution >= 0.6 is 11.3 Å². The predicted octanol–water partition coefficient (Wildman–Crippen LogP) is 4.84. The number of piperazine rings is 1. The van der Waals surface area contributed by atoms with Crippen molar-refractivity contribution < 1.29 is 13.2 Å². The molecule has 1 aliphatic heterocycles. The molecule has 0 atom stereocenters. The summed E-state index contributed by atoms with van der Waals surface area (Å²) in [5.41, 5.74) is 3.09. The Bertz CT molecular complexity index is 1420. The molecule has 4 aromatic rings. The lowest BCUT2D eigenvalue weighted by Gasteiger charge is -2.39. The Morgan fingerprint density at radius 1 is 0.861 bits per heavy atom. The molecule has 36 heavy (non-hydrogen) atoms. The first-order valence-electron chi connectivity index (χ1n) is 11.9. The molecule has 1 amide bonds. The van der Waals surface area contributed by atoms with Gasteiger partial charge in [0.1, 0.15) is 0 Å². The number of hydrogen-bond acceptors (Lipinski definition) is 5. The fourth-order valence-electron chi connectivity index (χ4n) is 4.75. The number of sulfonamides is 1. The zero-order valence-electron chi connectivity index (χ0n) is 20.4. The average Bonchev–Trinajstić information content (AvgIpc) is 3.33. The van der Waals surface area contributed by atoms with E-state index in [9.17, 15) is 13.2 Å². The third-order valence-electron chi connectivity index (χ3n) is 6.77. The third kappa shape index (κ3) is 5.02. The van der Waals surface area contributed by atoms with Crippen LogP contribution < -0.4 is 4.31 Å². The van der Waals surface area contributed by atoms with Gasteiger partial charge in [0.15, 0.2) is 0 Å². The van der Waals surface area contributed by atoms with Crippen LogP contribution in [0.15, 0.2) is 84.9 Å². The van der Waals surface area contributed by atoms with Gasteiger partial charge in [-0.1, -0.05) is 60.7 Å². The summed E-state index contributed by atoms with van der Waals surface area (Å²) in [4.78, 5) is 18.4. The summed E-state index contributed by atoms with van der Waals surface area (Å²) < 4.78 is 26.0. The van der Waals surface area contributed by atoms with Crippen LogP contribution in [-0.4, -0.2) is 63.6 Å². The highest BCUT2D eigenvalue weighted by Gasteiger charge is 2.29. The summed E-state index contributed by atoms with van der Waals surface area (Å²) in [6.07, 6.45) is 1.18. The van der Waals surface area contributed by atoms with Crippen molar-refractivity contribution in [2.45, 2.75) is 6.04 Å². The van der Waals surface area contributed by atoms with Gasteiger partial charge in [-0.2, -0.15) is 0 Å². The number of carbonyl (C=O) groups excluding carboxylic acids is 1. The first-order chi connectivity index (χ1) is 17.3. The van der Waals surface area contributed by atoms with Crippen LogP contribution in [0.4, 0.5) is 5.69 Å². The van der Waals surface area contributed by atoms with Crippen molar-refractivity contribution >= 4 is 43.0 Å². The first-order valence-corrected chi connectivity index (χ1v) is 14.6. The number of fused-ring (bicyclic) bond motifs is 1. The van der Waals surface area contributed by atoms with Gasteiger partial charge in [-0.15, -0.1) is 11.3 Å². The van der Waals surface area contributed by atoms with Gasteiger partial charge >= 0.3 is 0 Å². The highest BCUT2D eigenvalue weighted by atomic mass is 32.2. The fraction of sp³-hybridized carbons (Fsp3) is 0.250. The Labute approximate surface area is 216 Å². The van der Waals surface area contributed by atoms with E-state index < -0.39 is 10.0 Å². The molecule has 3 aromatic carbocycles. The molecule has 1 aliphatic rings. The molecule has 1 aromatic heterocycles. The molecule has 0 saturated carbocycles. The van der Waals surface area contributed by atoms with E-state index in [0.29, 0.717) is 23.7 Å². The Morgan fingerprint density at radius 2 is 1.44 bits per heavy atom. The number of thiophene rings is 1. The van der Waals surface area contributed by atoms with Crippen LogP contribution in [0.2, 0.25) is 0 Å². The topological polar surface area (TPSA) is 60.9 Å². The van der Waals surface area contributed by atoms with E-state index in [2.05, 4.69) is 53.4 Å². The Balaban J connectivity index is 1.32. The lowest BCUT2D eigenvalue weighted by atomic mass is 9.96. The maximum atomic E-state index is 13.4. The molecule has 0 bridgehead atoms. The number of anilines is 1. The molecule has 0 N–H and O–H groups in total. The van der Waals surface area contributed by atoms with Gasteiger partial charge in [0.2, 0.25) is 10.0 Å². The molecule has 0 unspecified atom stereocenters. The second kappa shape index (κ2) is 10.0. The molecule has 1 saturated heterocycles. The van der Waals surface area contributed by atoms with Crippen LogP contribution in [0.25, 0.3) is 10.1 Å². The standard InChI is InChI=1S/C28H29N3O3S2/c1-29(36(2,33)34)24-13-14-25-23(19-24)20-26(35-25)28(32)31-17-15-30(16-18-31)27(21-9-5-3-6-10-21)22-11-7-4-8-12-22/h3-14,19-20,27H,15-18H2,1-2H3. The minimum Gasteiger partial charge on any atom is -0.335 e. The van der Waals surface area contributed by atoms with E-state index in [1.165, 1.54) is 40.1 Å². The monoisotopic (exact) mass is 519 g/mol. The molecule has 0 radical (unpaired) electrons. The van der Waals surface area contributed by atoms with Crippen molar-refractivity contribution in [2.75, 3.05) is 43.8 Å². The second-order valence-electron chi connectivity index (χ2n) is 9.12. The zero-order chi connectivity index (χ0) is 25.3. The minimum absolute atomic E-state index is 0.0323. The van der Waals surface area contributed by atoms with Crippen molar-refractivity contribution in [3.05, 3.63) is 101 Å². The minimum atomic E-state index is -3.35. The van der Waals surface area contributed by atoms with Crippen LogP contribution in [0.5, 0.6) is 0 Å². The van der Waals surface area contributed by atoms with Gasteiger partial charge in [-0.3, -0.25) is 14.0 Å². The van der Waals surface area contributed by atoms with Gasteiger partial charge in [-0.05, 0) is 40.8 Å². The van der Waals surface area contributed by atoms with E-state index in [1.54, 1.807) is 6.07 Å². The molecule has 2 heterocycles. The molecule has 1 fully saturated rings. The molecule has 5 rings (SSSR count). The summed E-state index contributed by atoms with van der Waals surface area (Å²) in [7, 11) is -1.81. The van der Waals surface area contributed by atoms with E-state index in [-0.39, 0.29) is 11.9 Å². The Kier molecular flexibility index (Phi) is 6.83. The molecule has 8 heteroatoms. The summed E-state index contributed by atoms with van der Waals surface area (Å²) in [5, 5.41) is 0.878. The lowest BCUT2D eigenvalue weighted by molar-refractivity contribution is 0.0602. The summed E-state index contributed by atoms with van der Waals surface area (Å²) >= 11 is 1.46. The summed E-state index contributed by atoms with van der Waals surface area (Å²) in [6.45, 7) is 2.89. The fourth-order valence-corrected chi connectivity index (χ4v) is 6.25. The van der Waals surface area contributed by atoms with E-state index >= 15 is 0 Å². The van der Waals surface area contributed by atoms with Gasteiger partial charge in [0.05, 0.1) is 22.9 Å². The molecule has 186 valence electrons. The van der Waals surface area contributed by atoms with Gasteiger partial charge < -0.3 is 4.90 Å². The van der Waals surface area contributed by atoms with Crippen LogP contribution in [0.3, 0.4) is 0 Å². The Morgan fingerprint density at radius 3 is 2.00 bits per heavy atom. The number of carbonyl (C=O) groups is 1. The first kappa shape index (κ1) is 24.5. The van der Waals surface area contributed by atoms with Crippen LogP contribution in [0.1, 0.15) is 26.8 Å². The molecular weight excluding hydrogens is 490 g/mol. The summed E-state index contributed by atoms with van der Waals surface area (Å²) in [5.74, 6) is 0.0323. The summed E-state index contributed by atoms with van der Waals surface area (Å²) in [6, 6.07) is 28.6. The molecule has 0 spiro atoms. The molecule has 6 nitrogen and oxygen atoms in total. The van der Waals surface area contributed by atoms with Gasteiger partial charge in [0, 0.05) is 37.9 Å². The van der Waals surface area contributed by atoms with Gasteiger partial charge in [-0.25, -0.2) is 8.42 Å². The smallest absolute Gasteiger partial charge is 0.264 e. The highest BCUT2D eigenvalue weighted by Crippen LogP contribution is 2.32. The normalized spacial score (nSPS) is 14.9. The van der Waals surface area contributed by atoms with Crippen molar-refractivity contribution in [2.24, 2.45) is 0 Å². The largest absolute Gasteiger partial charge is 0.335 e. The van der Waals surface area contributed by atoms with Crippen LogP contribution in [-0.2, 0) is 10.0 Å². The zero-order valence-corrected chi connectivity index (χ0v) is 22.0. The lowest BCUT2D eigenvalue weighted by Crippen LogP contribution is -2.49. The van der Waals surface area contributed by atoms with Crippen molar-refractivity contribution in [3.63, 3.8) is 0 Å². The maximum Gasteiger partial charge on any atom is 0.264 e. The third-order valence-corrected chi connectivity index (χ3v) is 9.08. The second-order valence-corrected chi connectivity index (χ2v) is 12.2. The number of amides is 1. The SMILES string of the molecule is CN(c1ccc2sc(C(=O)N3CCN(C(c4ccccc4)c4ccccc4)CC3)cc2c1)S(C)(=O)=O. The van der Waals surface area contributed by atoms with Gasteiger partial charge in [0.25, 0.3) is 5.91 Å². The molecular formula is C28H29N3O3S2. The van der Waals surface area contributed by atoms with Crippen LogP contribution in [0, 0.1) is 0 Å². The highest BCUT2D eigenvalue weighted by molar-refractivity contribution is 7.92. The van der Waals surface area contributed by atoms with Crippen molar-refractivity contribution in [1.29, 1.82) is 0 Å². The average molecular weight is 520 g/mol. The van der Waals surface area contributed by atoms with Crippen molar-refractivity contribution in [1.82, 2.24) is 9.80 Å². The predicted molar refractivity (Wildman–Crippen MR) is 147 cm³/mol. The van der Waals surface area contributed by atoms with E-state index in [0.717, 1.165) is 23.2 Å². The number of rotatable bonds is 6.